The Morgan fingerprint density at radius 2 is 1.70 bits per heavy atom. The van der Waals surface area contributed by atoms with E-state index in [-0.39, 0.29) is 11.7 Å². The van der Waals surface area contributed by atoms with Crippen molar-refractivity contribution in [2.24, 2.45) is 0 Å². The monoisotopic (exact) mass is 389 g/mol. The van der Waals surface area contributed by atoms with Crippen LogP contribution in [0.25, 0.3) is 0 Å². The number of amides is 1. The molecule has 27 heavy (non-hydrogen) atoms. The van der Waals surface area contributed by atoms with E-state index in [9.17, 15) is 13.2 Å². The molecular formula is C19H23N3O4S. The highest BCUT2D eigenvalue weighted by Gasteiger charge is 2.28. The smallest absolute Gasteiger partial charge is 0.246 e. The zero-order valence-corrected chi connectivity index (χ0v) is 16.1. The van der Waals surface area contributed by atoms with Gasteiger partial charge in [0.25, 0.3) is 0 Å². The van der Waals surface area contributed by atoms with Crippen molar-refractivity contribution in [2.45, 2.75) is 19.4 Å². The van der Waals surface area contributed by atoms with E-state index in [2.05, 4.69) is 10.6 Å². The minimum atomic E-state index is -3.19. The highest BCUT2D eigenvalue weighted by molar-refractivity contribution is 7.93. The van der Waals surface area contributed by atoms with E-state index in [1.54, 1.807) is 62.6 Å². The third kappa shape index (κ3) is 4.51. The van der Waals surface area contributed by atoms with Gasteiger partial charge in [-0.3, -0.25) is 9.10 Å². The van der Waals surface area contributed by atoms with Gasteiger partial charge in [0.15, 0.2) is 0 Å². The van der Waals surface area contributed by atoms with Crippen LogP contribution >= 0.6 is 0 Å². The minimum absolute atomic E-state index is 0.175. The van der Waals surface area contributed by atoms with Gasteiger partial charge in [0.1, 0.15) is 11.8 Å². The van der Waals surface area contributed by atoms with Crippen LogP contribution in [0.2, 0.25) is 0 Å². The van der Waals surface area contributed by atoms with Crippen molar-refractivity contribution in [1.82, 2.24) is 0 Å². The summed E-state index contributed by atoms with van der Waals surface area (Å²) in [5.74, 6) is 0.737. The molecule has 3 rings (SSSR count). The van der Waals surface area contributed by atoms with Crippen molar-refractivity contribution in [3.63, 3.8) is 0 Å². The third-order valence-electron chi connectivity index (χ3n) is 4.39. The van der Waals surface area contributed by atoms with Crippen LogP contribution in [-0.2, 0) is 14.8 Å². The number of hydrogen-bond donors (Lipinski definition) is 2. The first-order valence-corrected chi connectivity index (χ1v) is 10.3. The Morgan fingerprint density at radius 3 is 2.26 bits per heavy atom. The van der Waals surface area contributed by atoms with Gasteiger partial charge in [-0.1, -0.05) is 0 Å². The first kappa shape index (κ1) is 19.0. The second kappa shape index (κ2) is 7.87. The lowest BCUT2D eigenvalue weighted by molar-refractivity contribution is -0.116. The highest BCUT2D eigenvalue weighted by Crippen LogP contribution is 2.25. The number of carbonyl (C=O) groups excluding carboxylic acids is 1. The molecule has 0 aliphatic carbocycles. The van der Waals surface area contributed by atoms with Gasteiger partial charge >= 0.3 is 0 Å². The number of methoxy groups -OCH3 is 1. The Hall–Kier alpha value is -2.74. The Morgan fingerprint density at radius 1 is 1.07 bits per heavy atom. The Labute approximate surface area is 159 Å². The fourth-order valence-electron chi connectivity index (χ4n) is 2.89. The summed E-state index contributed by atoms with van der Waals surface area (Å²) < 4.78 is 30.5. The zero-order valence-electron chi connectivity index (χ0n) is 15.3. The summed E-state index contributed by atoms with van der Waals surface area (Å²) in [6.07, 6.45) is 0.644. The molecule has 1 saturated heterocycles. The minimum Gasteiger partial charge on any atom is -0.497 e. The molecule has 0 saturated carbocycles. The van der Waals surface area contributed by atoms with Gasteiger partial charge in [0.05, 0.1) is 18.6 Å². The van der Waals surface area contributed by atoms with Crippen molar-refractivity contribution in [3.05, 3.63) is 48.5 Å². The van der Waals surface area contributed by atoms with E-state index >= 15 is 0 Å². The molecule has 1 aliphatic heterocycles. The molecule has 1 heterocycles. The zero-order chi connectivity index (χ0) is 19.4. The van der Waals surface area contributed by atoms with Crippen LogP contribution < -0.4 is 19.7 Å². The number of rotatable bonds is 6. The number of nitrogens with one attached hydrogen (secondary N) is 2. The van der Waals surface area contributed by atoms with Crippen LogP contribution in [0.3, 0.4) is 0 Å². The summed E-state index contributed by atoms with van der Waals surface area (Å²) in [6, 6.07) is 13.7. The molecule has 144 valence electrons. The van der Waals surface area contributed by atoms with Crippen LogP contribution in [0.4, 0.5) is 17.1 Å². The summed E-state index contributed by atoms with van der Waals surface area (Å²) in [7, 11) is -1.60. The first-order valence-electron chi connectivity index (χ1n) is 8.71. The molecule has 1 atom stereocenters. The molecule has 2 aromatic rings. The lowest BCUT2D eigenvalue weighted by Crippen LogP contribution is -2.31. The Kier molecular flexibility index (Phi) is 5.55. The molecule has 0 aromatic heterocycles. The second-order valence-electron chi connectivity index (χ2n) is 6.37. The van der Waals surface area contributed by atoms with Gasteiger partial charge in [0, 0.05) is 17.9 Å². The maximum atomic E-state index is 12.3. The lowest BCUT2D eigenvalue weighted by atomic mass is 10.2. The molecule has 2 aromatic carbocycles. The highest BCUT2D eigenvalue weighted by atomic mass is 32.2. The van der Waals surface area contributed by atoms with Crippen LogP contribution in [0.5, 0.6) is 5.75 Å². The van der Waals surface area contributed by atoms with E-state index in [1.165, 1.54) is 4.31 Å². The number of anilines is 3. The van der Waals surface area contributed by atoms with E-state index in [1.807, 2.05) is 0 Å². The van der Waals surface area contributed by atoms with Gasteiger partial charge in [-0.25, -0.2) is 8.42 Å². The lowest BCUT2D eigenvalue weighted by Gasteiger charge is -2.19. The van der Waals surface area contributed by atoms with E-state index in [0.29, 0.717) is 24.3 Å². The molecular weight excluding hydrogens is 366 g/mol. The summed E-state index contributed by atoms with van der Waals surface area (Å²) >= 11 is 0. The second-order valence-corrected chi connectivity index (χ2v) is 8.39. The topological polar surface area (TPSA) is 87.7 Å². The van der Waals surface area contributed by atoms with Crippen molar-refractivity contribution < 1.29 is 17.9 Å². The average molecular weight is 389 g/mol. The SMILES string of the molecule is COc1ccc(NC(=O)[C@@H](C)Nc2ccc(N3CCCS3(=O)=O)cc2)cc1. The molecule has 7 nitrogen and oxygen atoms in total. The van der Waals surface area contributed by atoms with Crippen LogP contribution in [0.1, 0.15) is 13.3 Å². The summed E-state index contributed by atoms with van der Waals surface area (Å²) in [6.45, 7) is 2.27. The third-order valence-corrected chi connectivity index (χ3v) is 6.26. The van der Waals surface area contributed by atoms with Crippen LogP contribution in [0.15, 0.2) is 48.5 Å². The standard InChI is InChI=1S/C19H23N3O4S/c1-14(19(23)21-16-6-10-18(26-2)11-7-16)20-15-4-8-17(9-5-15)22-12-3-13-27(22,24)25/h4-11,14,20H,3,12-13H2,1-2H3,(H,21,23)/t14-/m1/s1. The van der Waals surface area contributed by atoms with Crippen molar-refractivity contribution in [1.29, 1.82) is 0 Å². The van der Waals surface area contributed by atoms with E-state index in [0.717, 1.165) is 11.4 Å². The summed E-state index contributed by atoms with van der Waals surface area (Å²) in [5.41, 5.74) is 2.07. The fraction of sp³-hybridized carbons (Fsp3) is 0.316. The van der Waals surface area contributed by atoms with Gasteiger partial charge in [-0.15, -0.1) is 0 Å². The molecule has 0 bridgehead atoms. The number of benzene rings is 2. The predicted molar refractivity (Wildman–Crippen MR) is 107 cm³/mol. The summed E-state index contributed by atoms with van der Waals surface area (Å²) in [5, 5.41) is 5.95. The maximum absolute atomic E-state index is 12.3. The molecule has 0 unspecified atom stereocenters. The molecule has 1 fully saturated rings. The van der Waals surface area contributed by atoms with Crippen LogP contribution in [-0.4, -0.2) is 39.8 Å². The molecule has 8 heteroatoms. The van der Waals surface area contributed by atoms with Crippen molar-refractivity contribution in [2.75, 3.05) is 34.3 Å². The number of ether oxygens (including phenoxy) is 1. The van der Waals surface area contributed by atoms with Gasteiger partial charge < -0.3 is 15.4 Å². The number of hydrogen-bond acceptors (Lipinski definition) is 5. The predicted octanol–water partition coefficient (Wildman–Crippen LogP) is 2.67. The molecule has 0 spiro atoms. The molecule has 2 N–H and O–H groups in total. The normalized spacial score (nSPS) is 16.6. The Balaban J connectivity index is 1.59. The van der Waals surface area contributed by atoms with Crippen molar-refractivity contribution >= 4 is 33.0 Å². The first-order chi connectivity index (χ1) is 12.9. The van der Waals surface area contributed by atoms with Gasteiger partial charge in [-0.2, -0.15) is 0 Å². The molecule has 1 amide bonds. The van der Waals surface area contributed by atoms with E-state index < -0.39 is 16.1 Å². The largest absolute Gasteiger partial charge is 0.497 e. The molecule has 1 aliphatic rings. The van der Waals surface area contributed by atoms with Crippen molar-refractivity contribution in [3.8, 4) is 5.75 Å². The quantitative estimate of drug-likeness (QED) is 0.793. The molecule has 0 radical (unpaired) electrons. The van der Waals surface area contributed by atoms with Gasteiger partial charge in [-0.05, 0) is 61.9 Å². The number of carbonyl (C=O) groups is 1. The van der Waals surface area contributed by atoms with E-state index in [4.69, 9.17) is 4.74 Å². The average Bonchev–Trinajstić information content (AvgIpc) is 3.02. The maximum Gasteiger partial charge on any atom is 0.246 e. The number of sulfonamides is 1. The Bertz CT molecular complexity index is 896. The van der Waals surface area contributed by atoms with Gasteiger partial charge in [0.2, 0.25) is 15.9 Å². The van der Waals surface area contributed by atoms with Crippen LogP contribution in [0, 0.1) is 0 Å². The fourth-order valence-corrected chi connectivity index (χ4v) is 4.46. The number of nitrogens with zero attached hydrogens (tertiary/aromatic N) is 1. The summed E-state index contributed by atoms with van der Waals surface area (Å²) in [4.78, 5) is 12.3.